The Morgan fingerprint density at radius 3 is 2.54 bits per heavy atom. The van der Waals surface area contributed by atoms with Crippen molar-refractivity contribution in [3.8, 4) is 0 Å². The fourth-order valence-electron chi connectivity index (χ4n) is 3.30. The average molecular weight is 335 g/mol. The van der Waals surface area contributed by atoms with Gasteiger partial charge in [0.1, 0.15) is 5.82 Å². The van der Waals surface area contributed by atoms with Gasteiger partial charge in [0.2, 0.25) is 5.91 Å². The summed E-state index contributed by atoms with van der Waals surface area (Å²) in [4.78, 5) is 26.6. The maximum absolute atomic E-state index is 13.2. The van der Waals surface area contributed by atoms with Crippen LogP contribution in [0.4, 0.5) is 4.39 Å². The molecular formula is C19H26FNO3. The highest BCUT2D eigenvalue weighted by molar-refractivity contribution is 5.99. The first-order valence-electron chi connectivity index (χ1n) is 8.50. The van der Waals surface area contributed by atoms with Crippen LogP contribution in [0.2, 0.25) is 0 Å². The van der Waals surface area contributed by atoms with Crippen molar-refractivity contribution in [3.63, 3.8) is 0 Å². The Hall–Kier alpha value is -1.75. The quantitative estimate of drug-likeness (QED) is 0.748. The van der Waals surface area contributed by atoms with E-state index in [1.54, 1.807) is 32.0 Å². The van der Waals surface area contributed by atoms with Gasteiger partial charge >= 0.3 is 0 Å². The summed E-state index contributed by atoms with van der Waals surface area (Å²) >= 11 is 0. The number of ketones is 1. The van der Waals surface area contributed by atoms with E-state index in [0.717, 1.165) is 25.7 Å². The molecule has 1 aromatic rings. The standard InChI is InChI=1S/C19H26FNO3/c1-13(19(23)14-5-4-6-15(20)12-14)11-18(22)21(2)16-7-9-17(24-3)10-8-16/h4-6,12-13,16-17H,7-11H2,1-3H3/t13-,16?,17?/m1/s1. The van der Waals surface area contributed by atoms with E-state index >= 15 is 0 Å². The maximum Gasteiger partial charge on any atom is 0.223 e. The Kier molecular flexibility index (Phi) is 6.49. The molecule has 132 valence electrons. The first kappa shape index (κ1) is 18.6. The normalized spacial score (nSPS) is 22.0. The number of rotatable bonds is 6. The summed E-state index contributed by atoms with van der Waals surface area (Å²) < 4.78 is 18.6. The highest BCUT2D eigenvalue weighted by Crippen LogP contribution is 2.25. The van der Waals surface area contributed by atoms with Crippen LogP contribution in [0.3, 0.4) is 0 Å². The van der Waals surface area contributed by atoms with E-state index in [1.807, 2.05) is 0 Å². The van der Waals surface area contributed by atoms with E-state index in [-0.39, 0.29) is 24.2 Å². The van der Waals surface area contributed by atoms with Crippen LogP contribution in [0.15, 0.2) is 24.3 Å². The van der Waals surface area contributed by atoms with Crippen LogP contribution in [0, 0.1) is 11.7 Å². The van der Waals surface area contributed by atoms with E-state index < -0.39 is 11.7 Å². The van der Waals surface area contributed by atoms with Crippen LogP contribution in [-0.2, 0) is 9.53 Å². The van der Waals surface area contributed by atoms with Gasteiger partial charge in [-0.25, -0.2) is 4.39 Å². The molecule has 5 heteroatoms. The number of amides is 1. The topological polar surface area (TPSA) is 46.6 Å². The van der Waals surface area contributed by atoms with Gasteiger partial charge in [0.05, 0.1) is 6.10 Å². The lowest BCUT2D eigenvalue weighted by molar-refractivity contribution is -0.133. The SMILES string of the molecule is COC1CCC(N(C)C(=O)C[C@@H](C)C(=O)c2cccc(F)c2)CC1. The van der Waals surface area contributed by atoms with E-state index in [0.29, 0.717) is 11.7 Å². The summed E-state index contributed by atoms with van der Waals surface area (Å²) in [6, 6.07) is 5.83. The number of Topliss-reactive ketones (excluding diaryl/α,β-unsaturated/α-hetero) is 1. The summed E-state index contributed by atoms with van der Waals surface area (Å²) in [5.41, 5.74) is 0.318. The zero-order chi connectivity index (χ0) is 17.7. The van der Waals surface area contributed by atoms with Gasteiger partial charge in [-0.05, 0) is 37.8 Å². The van der Waals surface area contributed by atoms with Crippen LogP contribution in [0.1, 0.15) is 49.4 Å². The molecule has 1 aromatic carbocycles. The summed E-state index contributed by atoms with van der Waals surface area (Å²) in [5, 5.41) is 0. The minimum atomic E-state index is -0.461. The summed E-state index contributed by atoms with van der Waals surface area (Å²) in [7, 11) is 3.53. The third-order valence-electron chi connectivity index (χ3n) is 4.96. The van der Waals surface area contributed by atoms with Crippen molar-refractivity contribution >= 4 is 11.7 Å². The predicted octanol–water partition coefficient (Wildman–Crippen LogP) is 3.45. The molecule has 0 unspecified atom stereocenters. The van der Waals surface area contributed by atoms with Crippen molar-refractivity contribution in [2.24, 2.45) is 5.92 Å². The monoisotopic (exact) mass is 335 g/mol. The van der Waals surface area contributed by atoms with Crippen molar-refractivity contribution in [3.05, 3.63) is 35.6 Å². The van der Waals surface area contributed by atoms with Crippen LogP contribution in [0.25, 0.3) is 0 Å². The third kappa shape index (κ3) is 4.63. The van der Waals surface area contributed by atoms with Gasteiger partial charge in [-0.15, -0.1) is 0 Å². The number of hydrogen-bond acceptors (Lipinski definition) is 3. The van der Waals surface area contributed by atoms with E-state index in [2.05, 4.69) is 0 Å². The van der Waals surface area contributed by atoms with Gasteiger partial charge in [-0.1, -0.05) is 19.1 Å². The second-order valence-electron chi connectivity index (χ2n) is 6.65. The number of ether oxygens (including phenoxy) is 1. The predicted molar refractivity (Wildman–Crippen MR) is 90.3 cm³/mol. The Morgan fingerprint density at radius 2 is 1.96 bits per heavy atom. The van der Waals surface area contributed by atoms with Crippen molar-refractivity contribution in [1.29, 1.82) is 0 Å². The number of hydrogen-bond donors (Lipinski definition) is 0. The molecule has 1 aliphatic carbocycles. The lowest BCUT2D eigenvalue weighted by Gasteiger charge is -2.34. The number of carbonyl (C=O) groups is 2. The molecule has 0 aliphatic heterocycles. The van der Waals surface area contributed by atoms with Gasteiger partial charge in [0.15, 0.2) is 5.78 Å². The minimum Gasteiger partial charge on any atom is -0.381 e. The molecule has 0 bridgehead atoms. The van der Waals surface area contributed by atoms with E-state index in [1.165, 1.54) is 18.2 Å². The highest BCUT2D eigenvalue weighted by atomic mass is 19.1. The molecule has 0 saturated heterocycles. The van der Waals surface area contributed by atoms with E-state index in [4.69, 9.17) is 4.74 Å². The Morgan fingerprint density at radius 1 is 1.29 bits per heavy atom. The fourth-order valence-corrected chi connectivity index (χ4v) is 3.30. The van der Waals surface area contributed by atoms with Crippen LogP contribution < -0.4 is 0 Å². The zero-order valence-electron chi connectivity index (χ0n) is 14.6. The molecule has 1 saturated carbocycles. The summed E-state index contributed by atoms with van der Waals surface area (Å²) in [5.74, 6) is -1.13. The molecule has 24 heavy (non-hydrogen) atoms. The minimum absolute atomic E-state index is 0.0341. The van der Waals surface area contributed by atoms with Gasteiger partial charge in [0, 0.05) is 38.1 Å². The number of halogens is 1. The molecule has 1 aliphatic rings. The van der Waals surface area contributed by atoms with Gasteiger partial charge < -0.3 is 9.64 Å². The first-order chi connectivity index (χ1) is 11.4. The molecule has 4 nitrogen and oxygen atoms in total. The second-order valence-corrected chi connectivity index (χ2v) is 6.65. The smallest absolute Gasteiger partial charge is 0.223 e. The van der Waals surface area contributed by atoms with Crippen LogP contribution >= 0.6 is 0 Å². The summed E-state index contributed by atoms with van der Waals surface area (Å²) in [6.07, 6.45) is 4.20. The molecule has 0 spiro atoms. The van der Waals surface area contributed by atoms with Crippen LogP contribution in [0.5, 0.6) is 0 Å². The maximum atomic E-state index is 13.2. The average Bonchev–Trinajstić information content (AvgIpc) is 2.60. The Balaban J connectivity index is 1.90. The van der Waals surface area contributed by atoms with Crippen LogP contribution in [-0.4, -0.2) is 42.9 Å². The molecule has 1 amide bonds. The Labute approximate surface area is 143 Å². The lowest BCUT2D eigenvalue weighted by atomic mass is 9.91. The lowest BCUT2D eigenvalue weighted by Crippen LogP contribution is -2.41. The van der Waals surface area contributed by atoms with E-state index in [9.17, 15) is 14.0 Å². The summed E-state index contributed by atoms with van der Waals surface area (Å²) in [6.45, 7) is 1.72. The van der Waals surface area contributed by atoms with Gasteiger partial charge in [-0.3, -0.25) is 9.59 Å². The number of methoxy groups -OCH3 is 1. The van der Waals surface area contributed by atoms with Gasteiger partial charge in [-0.2, -0.15) is 0 Å². The van der Waals surface area contributed by atoms with Crippen molar-refractivity contribution in [2.45, 2.75) is 51.2 Å². The molecule has 1 atom stereocenters. The fraction of sp³-hybridized carbons (Fsp3) is 0.579. The number of carbonyl (C=O) groups excluding carboxylic acids is 2. The third-order valence-corrected chi connectivity index (χ3v) is 4.96. The second kappa shape index (κ2) is 8.38. The Bertz CT molecular complexity index is 582. The molecule has 0 aromatic heterocycles. The molecule has 0 radical (unpaired) electrons. The number of benzene rings is 1. The molecule has 0 N–H and O–H groups in total. The van der Waals surface area contributed by atoms with Crippen molar-refractivity contribution in [2.75, 3.05) is 14.2 Å². The number of nitrogens with zero attached hydrogens (tertiary/aromatic N) is 1. The molecule has 1 fully saturated rings. The largest absolute Gasteiger partial charge is 0.381 e. The molecule has 0 heterocycles. The zero-order valence-corrected chi connectivity index (χ0v) is 14.6. The van der Waals surface area contributed by atoms with Crippen molar-refractivity contribution < 1.29 is 18.7 Å². The molecular weight excluding hydrogens is 309 g/mol. The first-order valence-corrected chi connectivity index (χ1v) is 8.50. The van der Waals surface area contributed by atoms with Crippen molar-refractivity contribution in [1.82, 2.24) is 4.90 Å². The molecule has 2 rings (SSSR count). The van der Waals surface area contributed by atoms with Gasteiger partial charge in [0.25, 0.3) is 0 Å². The highest BCUT2D eigenvalue weighted by Gasteiger charge is 2.28.